The molecule has 160 valence electrons. The van der Waals surface area contributed by atoms with E-state index < -0.39 is 0 Å². The van der Waals surface area contributed by atoms with Crippen LogP contribution in [-0.4, -0.2) is 37.1 Å². The molecule has 1 unspecified atom stereocenters. The third-order valence-corrected chi connectivity index (χ3v) is 5.15. The lowest BCUT2D eigenvalue weighted by Gasteiger charge is -2.38. The van der Waals surface area contributed by atoms with Crippen LogP contribution in [-0.2, 0) is 0 Å². The molecule has 0 saturated heterocycles. The molecule has 0 aliphatic carbocycles. The molecule has 7 heteroatoms. The molecule has 0 aromatic heterocycles. The molecule has 1 aliphatic rings. The minimum Gasteiger partial charge on any atom is -0.487 e. The maximum atomic E-state index is 12.3. The van der Waals surface area contributed by atoms with Gasteiger partial charge in [0, 0.05) is 25.1 Å². The summed E-state index contributed by atoms with van der Waals surface area (Å²) >= 11 is 6.08. The predicted octanol–water partition coefficient (Wildman–Crippen LogP) is 3.93. The van der Waals surface area contributed by atoms with Crippen LogP contribution in [0.1, 0.15) is 49.2 Å². The van der Waals surface area contributed by atoms with Crippen LogP contribution in [0.5, 0.6) is 5.75 Å². The number of guanidine groups is 1. The number of nitrogens with one attached hydrogen (secondary N) is 3. The van der Waals surface area contributed by atoms with Crippen molar-refractivity contribution in [2.75, 3.05) is 19.6 Å². The van der Waals surface area contributed by atoms with Crippen molar-refractivity contribution in [1.29, 1.82) is 0 Å². The van der Waals surface area contributed by atoms with Gasteiger partial charge < -0.3 is 20.7 Å². The van der Waals surface area contributed by atoms with Gasteiger partial charge in [-0.05, 0) is 39.0 Å². The Balaban J connectivity index is 1.62. The maximum Gasteiger partial charge on any atom is 0.252 e. The first-order valence-corrected chi connectivity index (χ1v) is 10.6. The highest BCUT2D eigenvalue weighted by Gasteiger charge is 2.33. The Labute approximate surface area is 183 Å². The molecule has 1 heterocycles. The van der Waals surface area contributed by atoms with Crippen molar-refractivity contribution in [3.8, 4) is 5.75 Å². The maximum absolute atomic E-state index is 12.3. The predicted molar refractivity (Wildman–Crippen MR) is 121 cm³/mol. The van der Waals surface area contributed by atoms with Crippen LogP contribution in [0.25, 0.3) is 0 Å². The van der Waals surface area contributed by atoms with Gasteiger partial charge in [0.1, 0.15) is 11.4 Å². The molecule has 0 bridgehead atoms. The van der Waals surface area contributed by atoms with Crippen LogP contribution in [0, 0.1) is 0 Å². The number of nitrogens with zero attached hydrogens (tertiary/aromatic N) is 1. The van der Waals surface area contributed by atoms with E-state index in [1.165, 1.54) is 0 Å². The number of hydrogen-bond donors (Lipinski definition) is 3. The molecule has 30 heavy (non-hydrogen) atoms. The van der Waals surface area contributed by atoms with Crippen LogP contribution >= 0.6 is 11.6 Å². The Kier molecular flexibility index (Phi) is 7.21. The van der Waals surface area contributed by atoms with Gasteiger partial charge in [-0.1, -0.05) is 41.9 Å². The monoisotopic (exact) mass is 428 g/mol. The fourth-order valence-electron chi connectivity index (χ4n) is 3.49. The van der Waals surface area contributed by atoms with Gasteiger partial charge in [0.15, 0.2) is 5.96 Å². The second-order valence-electron chi connectivity index (χ2n) is 7.80. The summed E-state index contributed by atoms with van der Waals surface area (Å²) in [5.41, 5.74) is 1.32. The first-order valence-electron chi connectivity index (χ1n) is 10.2. The zero-order valence-corrected chi connectivity index (χ0v) is 18.4. The summed E-state index contributed by atoms with van der Waals surface area (Å²) in [5.74, 6) is 1.41. The largest absolute Gasteiger partial charge is 0.487 e. The smallest absolute Gasteiger partial charge is 0.252 e. The molecule has 1 atom stereocenters. The normalized spacial score (nSPS) is 17.5. The first kappa shape index (κ1) is 22.0. The van der Waals surface area contributed by atoms with E-state index >= 15 is 0 Å². The molecule has 3 rings (SSSR count). The summed E-state index contributed by atoms with van der Waals surface area (Å²) in [4.78, 5) is 16.9. The number of ether oxygens (including phenoxy) is 1. The fraction of sp³-hybridized carbons (Fsp3) is 0.391. The van der Waals surface area contributed by atoms with Gasteiger partial charge in [-0.25, -0.2) is 0 Å². The average Bonchev–Trinajstić information content (AvgIpc) is 2.70. The number of rotatable bonds is 6. The summed E-state index contributed by atoms with van der Waals surface area (Å²) in [6.07, 6.45) is 0.817. The van der Waals surface area contributed by atoms with E-state index in [9.17, 15) is 4.79 Å². The Morgan fingerprint density at radius 2 is 1.90 bits per heavy atom. The van der Waals surface area contributed by atoms with Gasteiger partial charge in [-0.3, -0.25) is 9.79 Å². The molecular formula is C23H29ClN4O2. The number of amides is 1. The van der Waals surface area contributed by atoms with E-state index in [1.807, 2.05) is 25.1 Å². The Bertz CT molecular complexity index is 914. The summed E-state index contributed by atoms with van der Waals surface area (Å²) in [5, 5.41) is 10.1. The third kappa shape index (κ3) is 5.66. The van der Waals surface area contributed by atoms with Crippen LogP contribution in [0.15, 0.2) is 53.5 Å². The Hall–Kier alpha value is -2.73. The number of para-hydroxylation sites is 1. The first-order chi connectivity index (χ1) is 14.4. The van der Waals surface area contributed by atoms with Crippen LogP contribution < -0.4 is 20.7 Å². The molecule has 2 aromatic rings. The molecule has 3 N–H and O–H groups in total. The molecule has 0 radical (unpaired) electrons. The second-order valence-corrected chi connectivity index (χ2v) is 8.20. The van der Waals surface area contributed by atoms with Crippen molar-refractivity contribution in [1.82, 2.24) is 16.0 Å². The molecule has 2 aromatic carbocycles. The van der Waals surface area contributed by atoms with Crippen LogP contribution in [0.3, 0.4) is 0 Å². The van der Waals surface area contributed by atoms with Gasteiger partial charge in [0.05, 0.1) is 23.2 Å². The minimum absolute atomic E-state index is 0.0838. The number of carbonyl (C=O) groups is 1. The number of carbonyl (C=O) groups excluding carboxylic acids is 1. The highest BCUT2D eigenvalue weighted by molar-refractivity contribution is 6.33. The lowest BCUT2D eigenvalue weighted by atomic mass is 9.90. The summed E-state index contributed by atoms with van der Waals surface area (Å²) < 4.78 is 6.11. The van der Waals surface area contributed by atoms with Gasteiger partial charge in [-0.15, -0.1) is 0 Å². The zero-order valence-electron chi connectivity index (χ0n) is 17.7. The van der Waals surface area contributed by atoms with Crippen molar-refractivity contribution < 1.29 is 9.53 Å². The van der Waals surface area contributed by atoms with Crippen molar-refractivity contribution in [2.45, 2.75) is 38.8 Å². The van der Waals surface area contributed by atoms with Gasteiger partial charge >= 0.3 is 0 Å². The minimum atomic E-state index is -0.272. The molecule has 0 fully saturated rings. The summed E-state index contributed by atoms with van der Waals surface area (Å²) in [6.45, 7) is 7.80. The van der Waals surface area contributed by atoms with Crippen molar-refractivity contribution in [3.05, 3.63) is 64.7 Å². The molecule has 1 aliphatic heterocycles. The topological polar surface area (TPSA) is 74.8 Å². The van der Waals surface area contributed by atoms with E-state index in [0.717, 1.165) is 24.3 Å². The Morgan fingerprint density at radius 1 is 1.17 bits per heavy atom. The van der Waals surface area contributed by atoms with E-state index in [0.29, 0.717) is 29.6 Å². The molecular weight excluding hydrogens is 400 g/mol. The van der Waals surface area contributed by atoms with Crippen molar-refractivity contribution in [2.24, 2.45) is 4.99 Å². The quantitative estimate of drug-likeness (QED) is 0.370. The van der Waals surface area contributed by atoms with Crippen LogP contribution in [0.2, 0.25) is 5.02 Å². The standard InChI is InChI=1S/C23H29ClN4O2/c1-4-25-22(27-14-13-26-21(29)16-9-5-7-11-18(16)24)28-19-15-23(2,3)30-20-12-8-6-10-17(19)20/h5-12,19H,4,13-15H2,1-3H3,(H,26,29)(H2,25,27,28). The number of fused-ring (bicyclic) bond motifs is 1. The van der Waals surface area contributed by atoms with E-state index in [-0.39, 0.29) is 17.6 Å². The van der Waals surface area contributed by atoms with Gasteiger partial charge in [0.25, 0.3) is 5.91 Å². The van der Waals surface area contributed by atoms with E-state index in [1.54, 1.807) is 24.3 Å². The molecule has 1 amide bonds. The lowest BCUT2D eigenvalue weighted by molar-refractivity contribution is 0.0694. The van der Waals surface area contributed by atoms with Gasteiger partial charge in [-0.2, -0.15) is 0 Å². The Morgan fingerprint density at radius 3 is 2.67 bits per heavy atom. The molecule has 6 nitrogen and oxygen atoms in total. The van der Waals surface area contributed by atoms with E-state index in [4.69, 9.17) is 16.3 Å². The average molecular weight is 429 g/mol. The fourth-order valence-corrected chi connectivity index (χ4v) is 3.72. The zero-order chi connectivity index (χ0) is 21.6. The highest BCUT2D eigenvalue weighted by Crippen LogP contribution is 2.39. The SMILES string of the molecule is CCNC(=NCCNC(=O)c1ccccc1Cl)NC1CC(C)(C)Oc2ccccc21. The van der Waals surface area contributed by atoms with Crippen molar-refractivity contribution >= 4 is 23.5 Å². The molecule has 0 saturated carbocycles. The summed E-state index contributed by atoms with van der Waals surface area (Å²) in [6, 6.07) is 15.2. The number of halogens is 1. The second kappa shape index (κ2) is 9.85. The van der Waals surface area contributed by atoms with Gasteiger partial charge in [0.2, 0.25) is 0 Å². The summed E-state index contributed by atoms with van der Waals surface area (Å²) in [7, 11) is 0. The number of benzene rings is 2. The number of hydrogen-bond acceptors (Lipinski definition) is 3. The van der Waals surface area contributed by atoms with Crippen LogP contribution in [0.4, 0.5) is 0 Å². The lowest BCUT2D eigenvalue weighted by Crippen LogP contribution is -2.45. The number of aliphatic imine (C=N–C) groups is 1. The third-order valence-electron chi connectivity index (χ3n) is 4.82. The van der Waals surface area contributed by atoms with Crippen molar-refractivity contribution in [3.63, 3.8) is 0 Å². The highest BCUT2D eigenvalue weighted by atomic mass is 35.5. The van der Waals surface area contributed by atoms with E-state index in [2.05, 4.69) is 40.9 Å². The molecule has 0 spiro atoms.